The lowest BCUT2D eigenvalue weighted by Gasteiger charge is -2.21. The molecule has 9 aromatic heterocycles. The smallest absolute Gasteiger partial charge is 0.276 e. The van der Waals surface area contributed by atoms with Gasteiger partial charge in [0.1, 0.15) is 11.4 Å². The van der Waals surface area contributed by atoms with Gasteiger partial charge in [-0.2, -0.15) is 25.5 Å². The van der Waals surface area contributed by atoms with E-state index in [1.165, 1.54) is 11.1 Å². The van der Waals surface area contributed by atoms with E-state index in [0.29, 0.717) is 45.3 Å². The summed E-state index contributed by atoms with van der Waals surface area (Å²) in [6.45, 7) is 6.71. The van der Waals surface area contributed by atoms with Gasteiger partial charge < -0.3 is 46.0 Å². The molecule has 4 aliphatic heterocycles. The topological polar surface area (TPSA) is 370 Å². The second-order valence-corrected chi connectivity index (χ2v) is 34.8. The molecular formula is C106H95N25O6. The van der Waals surface area contributed by atoms with E-state index in [-0.39, 0.29) is 41.8 Å². The molecule has 13 heterocycles. The van der Waals surface area contributed by atoms with Gasteiger partial charge in [-0.3, -0.25) is 73.6 Å². The van der Waals surface area contributed by atoms with Gasteiger partial charge >= 0.3 is 0 Å². The average molecular weight is 1820 g/mol. The highest BCUT2D eigenvalue weighted by Gasteiger charge is 2.25. The largest absolute Gasteiger partial charge is 0.484 e. The molecule has 0 unspecified atom stereocenters. The average Bonchev–Trinajstić information content (AvgIpc) is 1.64. The molecule has 0 aliphatic carbocycles. The fourth-order valence-electron chi connectivity index (χ4n) is 17.6. The lowest BCUT2D eigenvalue weighted by Crippen LogP contribution is -2.22. The number of amides is 5. The number of hydrogen-bond acceptors (Lipinski definition) is 20. The van der Waals surface area contributed by atoms with Crippen LogP contribution in [0.25, 0.3) is 122 Å². The number of carbonyl (C=O) groups excluding carboxylic acids is 5. The Labute approximate surface area is 786 Å². The molecule has 23 rings (SSSR count). The molecule has 31 heteroatoms. The molecule has 0 saturated heterocycles. The first-order chi connectivity index (χ1) is 66.8. The highest BCUT2D eigenvalue weighted by atomic mass is 16.5. The first kappa shape index (κ1) is 87.7. The molecule has 10 aromatic carbocycles. The summed E-state index contributed by atoms with van der Waals surface area (Å²) in [4.78, 5) is 87.5. The number of hydrogen-bond donors (Lipinski definition) is 9. The van der Waals surface area contributed by atoms with Crippen molar-refractivity contribution in [3.8, 4) is 83.8 Å². The maximum atomic E-state index is 13.2. The molecule has 31 nitrogen and oxygen atoms in total. The molecule has 0 saturated carbocycles. The molecule has 0 atom stereocenters. The van der Waals surface area contributed by atoms with Gasteiger partial charge in [-0.05, 0) is 254 Å². The number of rotatable bonds is 0. The van der Waals surface area contributed by atoms with E-state index in [4.69, 9.17) is 4.74 Å². The molecule has 9 N–H and O–H groups in total. The van der Waals surface area contributed by atoms with Crippen LogP contribution >= 0.6 is 0 Å². The van der Waals surface area contributed by atoms with Crippen molar-refractivity contribution < 1.29 is 28.7 Å². The molecule has 28 bridgehead atoms. The number of pyridine rings is 3. The van der Waals surface area contributed by atoms with Crippen LogP contribution in [0.15, 0.2) is 286 Å². The number of fused-ring (bicyclic) bond motifs is 32. The van der Waals surface area contributed by atoms with Crippen molar-refractivity contribution in [2.24, 2.45) is 7.05 Å². The Morgan fingerprint density at radius 1 is 0.328 bits per heavy atom. The fraction of sp³-hybridized carbons (Fsp3) is 0.160. The monoisotopic (exact) mass is 1810 g/mol. The first-order valence-corrected chi connectivity index (χ1v) is 45.1. The lowest BCUT2D eigenvalue weighted by molar-refractivity contribution is -0.118. The van der Waals surface area contributed by atoms with Crippen molar-refractivity contribution in [1.29, 1.82) is 0 Å². The van der Waals surface area contributed by atoms with Crippen LogP contribution in [0.3, 0.4) is 0 Å². The van der Waals surface area contributed by atoms with Gasteiger partial charge in [0.15, 0.2) is 29.4 Å². The highest BCUT2D eigenvalue weighted by molar-refractivity contribution is 6.15. The van der Waals surface area contributed by atoms with E-state index in [2.05, 4.69) is 194 Å². The van der Waals surface area contributed by atoms with Crippen molar-refractivity contribution in [1.82, 2.24) is 95.2 Å². The van der Waals surface area contributed by atoms with Gasteiger partial charge in [0, 0.05) is 162 Å². The number of H-pyrrole nitrogens is 4. The van der Waals surface area contributed by atoms with Crippen molar-refractivity contribution >= 4 is 107 Å². The van der Waals surface area contributed by atoms with Crippen LogP contribution in [0.4, 0.5) is 34.1 Å². The summed E-state index contributed by atoms with van der Waals surface area (Å²) >= 11 is 0. The van der Waals surface area contributed by atoms with Crippen molar-refractivity contribution in [2.45, 2.75) is 52.0 Å². The standard InChI is InChI=1S/C27H24N6O.C27H19N5O3.C26H24N8O.C26H28N6O/c1-32-15-17-5-3-6-18(11-17)19-7-4-8-21(12-19)29-27(34)26-22-13-20(9-10-24(22)30-31-26)23-14-28-33(2)25(23)16-32;33-25-15-35-22-6-2-4-17(11-22)16-3-1-5-20(9-16)30-27(34)26-23-12-18(7-8-24(23)31-32-26)19-10-21(29-25)14-28-13-19;1-33-8-3-9-34-16-24(30-32-34)19-4-2-5-21(11-19)28-26(35)25-22-12-18(6-7-23(22)29-31-25)20-10-17(15-33)13-27-14-20;1-31-10-3-4-11-32(2)22-7-5-6-21(14-22)28-26(33)25-23-13-19(8-9-24(23)29-30-25)20-12-18(17-31)15-27-16-20/h3-14H,15-16H2,1-2H3,(H,29,34)(H,30,31);1-14H,15H2,(H,29,33)(H,30,34)(H,31,32);2,4-7,10-14,16H,3,8-9,15H2,1H3,(H,28,35)(H,29,31);5-9,12-16H,3-4,10-11,17H2,1-2H3,(H,28,33)(H,29,30). The quantitative estimate of drug-likeness (QED) is 0.0681. The first-order valence-electron chi connectivity index (χ1n) is 45.1. The summed E-state index contributed by atoms with van der Waals surface area (Å²) < 4.78 is 9.52. The van der Waals surface area contributed by atoms with Crippen molar-refractivity contribution in [3.05, 3.63) is 331 Å². The van der Waals surface area contributed by atoms with Gasteiger partial charge in [-0.25, -0.2) is 0 Å². The Morgan fingerprint density at radius 2 is 0.752 bits per heavy atom. The van der Waals surface area contributed by atoms with Crippen LogP contribution in [0.5, 0.6) is 5.75 Å². The van der Waals surface area contributed by atoms with Crippen molar-refractivity contribution in [3.63, 3.8) is 0 Å². The third-order valence-electron chi connectivity index (χ3n) is 24.6. The zero-order valence-electron chi connectivity index (χ0n) is 75.7. The Morgan fingerprint density at radius 3 is 1.31 bits per heavy atom. The Bertz CT molecular complexity index is 7800. The van der Waals surface area contributed by atoms with Gasteiger partial charge in [-0.1, -0.05) is 102 Å². The minimum Gasteiger partial charge on any atom is -0.484 e. The van der Waals surface area contributed by atoms with Crippen LogP contribution in [0, 0.1) is 0 Å². The summed E-state index contributed by atoms with van der Waals surface area (Å²) in [6, 6.07) is 76.8. The number of aryl methyl sites for hydroxylation is 2. The summed E-state index contributed by atoms with van der Waals surface area (Å²) in [5, 5.41) is 60.0. The second kappa shape index (κ2) is 38.9. The predicted molar refractivity (Wildman–Crippen MR) is 533 cm³/mol. The van der Waals surface area contributed by atoms with Crippen LogP contribution in [-0.4, -0.2) is 179 Å². The lowest BCUT2D eigenvalue weighted by atomic mass is 10.0. The molecule has 5 amide bonds. The van der Waals surface area contributed by atoms with Crippen LogP contribution < -0.4 is 36.2 Å². The predicted octanol–water partition coefficient (Wildman–Crippen LogP) is 18.2. The van der Waals surface area contributed by atoms with Gasteiger partial charge in [0.25, 0.3) is 29.5 Å². The summed E-state index contributed by atoms with van der Waals surface area (Å²) in [5.74, 6) is -0.811. The molecule has 0 spiro atoms. The minimum absolute atomic E-state index is 0.145. The number of aromatic nitrogens is 16. The van der Waals surface area contributed by atoms with Gasteiger partial charge in [0.05, 0.1) is 52.0 Å². The highest BCUT2D eigenvalue weighted by Crippen LogP contribution is 2.37. The molecule has 680 valence electrons. The maximum Gasteiger partial charge on any atom is 0.276 e. The fourth-order valence-corrected chi connectivity index (χ4v) is 17.6. The zero-order chi connectivity index (χ0) is 93.6. The molecule has 0 radical (unpaired) electrons. The van der Waals surface area contributed by atoms with E-state index in [9.17, 15) is 24.0 Å². The molecule has 19 aromatic rings. The molecule has 4 aliphatic rings. The number of aromatic amines is 4. The van der Waals surface area contributed by atoms with E-state index >= 15 is 0 Å². The third kappa shape index (κ3) is 19.9. The summed E-state index contributed by atoms with van der Waals surface area (Å²) in [7, 11) is 10.5. The van der Waals surface area contributed by atoms with Gasteiger partial charge in [-0.15, -0.1) is 5.10 Å². The van der Waals surface area contributed by atoms with Crippen molar-refractivity contribution in [2.75, 3.05) is 85.9 Å². The van der Waals surface area contributed by atoms with Gasteiger partial charge in [0.2, 0.25) is 0 Å². The van der Waals surface area contributed by atoms with Crippen LogP contribution in [0.2, 0.25) is 0 Å². The summed E-state index contributed by atoms with van der Waals surface area (Å²) in [5.41, 5.74) is 27.0. The minimum atomic E-state index is -0.320. The number of anilines is 6. The Kier molecular flexibility index (Phi) is 24.9. The molecule has 137 heavy (non-hydrogen) atoms. The van der Waals surface area contributed by atoms with Crippen LogP contribution in [-0.2, 0) is 44.6 Å². The maximum absolute atomic E-state index is 13.2. The second-order valence-electron chi connectivity index (χ2n) is 34.8. The van der Waals surface area contributed by atoms with E-state index in [0.717, 1.165) is 216 Å². The Balaban J connectivity index is 0.000000113. The zero-order valence-corrected chi connectivity index (χ0v) is 75.7. The van der Waals surface area contributed by atoms with Crippen LogP contribution in [0.1, 0.15) is 83.6 Å². The number of nitrogens with one attached hydrogen (secondary N) is 9. The number of benzene rings is 10. The van der Waals surface area contributed by atoms with E-state index < -0.39 is 0 Å². The third-order valence-corrected chi connectivity index (χ3v) is 24.6. The van der Waals surface area contributed by atoms with E-state index in [1.807, 2.05) is 236 Å². The SMILES string of the molecule is CN1CCCCN(C)c2cccc(c2)NC(=O)c2n[nH]c3ccc(cc23)-c2cncc(c2)C1.CN1CCCn2cc(nn2)-c2cccc(c2)NC(=O)c2n[nH]c3ccc(cc23)-c2cncc(c2)C1.CN1Cc2cccc(c2)-c2cccc(c2)NC(=O)c2n[nH]c3ccc(cc23)-c2cnn(C)c2C1.O=C1COc2cccc(c2)-c2cccc(c2)NC(=O)c2n[nH]c3ccc(cc23)-c2cncc(c2)N1. The normalized spacial score (nSPS) is 14.4. The van der Waals surface area contributed by atoms with E-state index in [1.54, 1.807) is 18.5 Å². The molecular weight excluding hydrogens is 1720 g/mol. The number of carbonyl (C=O) groups is 5. The molecule has 0 fully saturated rings. The number of nitrogens with zero attached hydrogens (tertiary/aromatic N) is 16. The number of ether oxygens (including phenoxy) is 1. The Hall–Kier alpha value is -17.3. The summed E-state index contributed by atoms with van der Waals surface area (Å²) in [6.07, 6.45) is 17.8.